The highest BCUT2D eigenvalue weighted by Gasteiger charge is 2.09. The van der Waals surface area contributed by atoms with E-state index in [9.17, 15) is 0 Å². The van der Waals surface area contributed by atoms with Crippen LogP contribution in [-0.2, 0) is 13.2 Å². The van der Waals surface area contributed by atoms with Crippen LogP contribution in [0.5, 0.6) is 5.75 Å². The fourth-order valence-electron chi connectivity index (χ4n) is 1.70. The highest BCUT2D eigenvalue weighted by molar-refractivity contribution is 6.31. The number of ether oxygens (including phenoxy) is 1. The van der Waals surface area contributed by atoms with Crippen molar-refractivity contribution >= 4 is 11.6 Å². The number of halogens is 1. The molecule has 0 saturated carbocycles. The molecule has 1 aromatic heterocycles. The van der Waals surface area contributed by atoms with Gasteiger partial charge in [-0.15, -0.1) is 0 Å². The van der Waals surface area contributed by atoms with E-state index in [1.807, 2.05) is 18.2 Å². The van der Waals surface area contributed by atoms with Crippen molar-refractivity contribution in [3.63, 3.8) is 0 Å². The van der Waals surface area contributed by atoms with Gasteiger partial charge in [0.05, 0.1) is 0 Å². The fraction of sp³-hybridized carbons (Fsp3) is 0.333. The van der Waals surface area contributed by atoms with Crippen LogP contribution < -0.4 is 10.1 Å². The molecular weight excluding hydrogens is 274 g/mol. The molecule has 5 heteroatoms. The van der Waals surface area contributed by atoms with E-state index in [0.29, 0.717) is 30.0 Å². The van der Waals surface area contributed by atoms with E-state index in [1.165, 1.54) is 0 Å². The van der Waals surface area contributed by atoms with Gasteiger partial charge in [0, 0.05) is 35.6 Å². The summed E-state index contributed by atoms with van der Waals surface area (Å²) in [4.78, 5) is 8.27. The maximum atomic E-state index is 6.24. The van der Waals surface area contributed by atoms with Crippen LogP contribution in [0.15, 0.2) is 36.7 Å². The average Bonchev–Trinajstić information content (AvgIpc) is 2.45. The molecule has 0 aliphatic heterocycles. The highest BCUT2D eigenvalue weighted by atomic mass is 35.5. The lowest BCUT2D eigenvalue weighted by Crippen LogP contribution is -2.22. The number of hydrogen-bond donors (Lipinski definition) is 1. The van der Waals surface area contributed by atoms with Crippen LogP contribution in [0.25, 0.3) is 0 Å². The van der Waals surface area contributed by atoms with Gasteiger partial charge in [-0.1, -0.05) is 31.5 Å². The van der Waals surface area contributed by atoms with Gasteiger partial charge >= 0.3 is 0 Å². The van der Waals surface area contributed by atoms with Gasteiger partial charge in [-0.05, 0) is 18.2 Å². The molecule has 4 nitrogen and oxygen atoms in total. The van der Waals surface area contributed by atoms with Crippen LogP contribution in [0.1, 0.15) is 25.2 Å². The van der Waals surface area contributed by atoms with E-state index in [0.717, 1.165) is 11.3 Å². The van der Waals surface area contributed by atoms with Gasteiger partial charge in [-0.25, -0.2) is 9.97 Å². The lowest BCUT2D eigenvalue weighted by Gasteiger charge is -2.14. The van der Waals surface area contributed by atoms with Gasteiger partial charge in [0.15, 0.2) is 5.82 Å². The first kappa shape index (κ1) is 14.8. The standard InChI is InChI=1S/C15H18ClN3O/c1-11(2)19-9-12-13(16)5-3-6-14(12)20-10-15-17-7-4-8-18-15/h3-8,11,19H,9-10H2,1-2H3. The summed E-state index contributed by atoms with van der Waals surface area (Å²) >= 11 is 6.24. The third-order valence-corrected chi connectivity index (χ3v) is 3.09. The van der Waals surface area contributed by atoms with Crippen molar-refractivity contribution in [3.8, 4) is 5.75 Å². The van der Waals surface area contributed by atoms with Gasteiger partial charge in [-0.3, -0.25) is 0 Å². The molecule has 0 bridgehead atoms. The molecule has 1 N–H and O–H groups in total. The van der Waals surface area contributed by atoms with Crippen LogP contribution in [0.2, 0.25) is 5.02 Å². The summed E-state index contributed by atoms with van der Waals surface area (Å²) in [5.74, 6) is 1.41. The first-order chi connectivity index (χ1) is 9.66. The predicted molar refractivity (Wildman–Crippen MR) is 79.8 cm³/mol. The second-order valence-electron chi connectivity index (χ2n) is 4.71. The Hall–Kier alpha value is -1.65. The van der Waals surface area contributed by atoms with E-state index in [2.05, 4.69) is 29.1 Å². The summed E-state index contributed by atoms with van der Waals surface area (Å²) < 4.78 is 5.79. The minimum atomic E-state index is 0.329. The average molecular weight is 292 g/mol. The third kappa shape index (κ3) is 4.18. The van der Waals surface area contributed by atoms with E-state index in [1.54, 1.807) is 18.5 Å². The van der Waals surface area contributed by atoms with Crippen molar-refractivity contribution < 1.29 is 4.74 Å². The molecule has 2 aromatic rings. The Morgan fingerprint density at radius 1 is 1.20 bits per heavy atom. The van der Waals surface area contributed by atoms with E-state index >= 15 is 0 Å². The molecule has 0 aliphatic rings. The Labute approximate surface area is 124 Å². The minimum Gasteiger partial charge on any atom is -0.485 e. The van der Waals surface area contributed by atoms with Crippen molar-refractivity contribution in [2.24, 2.45) is 0 Å². The zero-order chi connectivity index (χ0) is 14.4. The zero-order valence-corrected chi connectivity index (χ0v) is 12.4. The molecule has 0 unspecified atom stereocenters. The van der Waals surface area contributed by atoms with Gasteiger partial charge < -0.3 is 10.1 Å². The quantitative estimate of drug-likeness (QED) is 0.888. The molecule has 20 heavy (non-hydrogen) atoms. The number of aromatic nitrogens is 2. The highest BCUT2D eigenvalue weighted by Crippen LogP contribution is 2.26. The summed E-state index contributed by atoms with van der Waals surface area (Å²) in [6.45, 7) is 5.18. The van der Waals surface area contributed by atoms with Crippen molar-refractivity contribution in [1.29, 1.82) is 0 Å². The number of rotatable bonds is 6. The van der Waals surface area contributed by atoms with Gasteiger partial charge in [0.1, 0.15) is 12.4 Å². The Kier molecular flexibility index (Phi) is 5.32. The molecule has 0 radical (unpaired) electrons. The predicted octanol–water partition coefficient (Wildman–Crippen LogP) is 3.21. The molecule has 1 heterocycles. The molecule has 0 aliphatic carbocycles. The lowest BCUT2D eigenvalue weighted by atomic mass is 10.2. The molecule has 1 aromatic carbocycles. The fourth-order valence-corrected chi connectivity index (χ4v) is 1.93. The monoisotopic (exact) mass is 291 g/mol. The first-order valence-corrected chi connectivity index (χ1v) is 6.94. The minimum absolute atomic E-state index is 0.329. The number of nitrogens with zero attached hydrogens (tertiary/aromatic N) is 2. The SMILES string of the molecule is CC(C)NCc1c(Cl)cccc1OCc1ncccn1. The van der Waals surface area contributed by atoms with Gasteiger partial charge in [-0.2, -0.15) is 0 Å². The Bertz CT molecular complexity index is 546. The van der Waals surface area contributed by atoms with Crippen molar-refractivity contribution in [2.45, 2.75) is 33.0 Å². The number of benzene rings is 1. The Morgan fingerprint density at radius 2 is 1.95 bits per heavy atom. The summed E-state index contributed by atoms with van der Waals surface area (Å²) in [5.41, 5.74) is 0.957. The summed E-state index contributed by atoms with van der Waals surface area (Å²) in [7, 11) is 0. The Morgan fingerprint density at radius 3 is 2.65 bits per heavy atom. The van der Waals surface area contributed by atoms with E-state index < -0.39 is 0 Å². The third-order valence-electron chi connectivity index (χ3n) is 2.74. The summed E-state index contributed by atoms with van der Waals surface area (Å²) in [5, 5.41) is 4.04. The molecule has 0 fully saturated rings. The lowest BCUT2D eigenvalue weighted by molar-refractivity contribution is 0.291. The van der Waals surface area contributed by atoms with Crippen molar-refractivity contribution in [1.82, 2.24) is 15.3 Å². The van der Waals surface area contributed by atoms with Crippen molar-refractivity contribution in [2.75, 3.05) is 0 Å². The summed E-state index contributed by atoms with van der Waals surface area (Å²) in [6, 6.07) is 7.82. The second-order valence-corrected chi connectivity index (χ2v) is 5.11. The van der Waals surface area contributed by atoms with Crippen LogP contribution in [0, 0.1) is 0 Å². The molecule has 0 spiro atoms. The number of hydrogen-bond acceptors (Lipinski definition) is 4. The molecule has 0 saturated heterocycles. The van der Waals surface area contributed by atoms with Crippen molar-refractivity contribution in [3.05, 3.63) is 53.1 Å². The maximum absolute atomic E-state index is 6.24. The normalized spacial score (nSPS) is 10.8. The van der Waals surface area contributed by atoms with Gasteiger partial charge in [0.25, 0.3) is 0 Å². The molecular formula is C15H18ClN3O. The van der Waals surface area contributed by atoms with Crippen LogP contribution in [0.4, 0.5) is 0 Å². The molecule has 0 atom stereocenters. The van der Waals surface area contributed by atoms with E-state index in [-0.39, 0.29) is 0 Å². The molecule has 0 amide bonds. The largest absolute Gasteiger partial charge is 0.485 e. The number of nitrogens with one attached hydrogen (secondary N) is 1. The molecule has 2 rings (SSSR count). The topological polar surface area (TPSA) is 47.0 Å². The van der Waals surface area contributed by atoms with E-state index in [4.69, 9.17) is 16.3 Å². The smallest absolute Gasteiger partial charge is 0.166 e. The van der Waals surface area contributed by atoms with Crippen LogP contribution >= 0.6 is 11.6 Å². The van der Waals surface area contributed by atoms with Gasteiger partial charge in [0.2, 0.25) is 0 Å². The Balaban J connectivity index is 2.08. The second kappa shape index (κ2) is 7.22. The van der Waals surface area contributed by atoms with Crippen LogP contribution in [0.3, 0.4) is 0 Å². The zero-order valence-electron chi connectivity index (χ0n) is 11.6. The van der Waals surface area contributed by atoms with Crippen LogP contribution in [-0.4, -0.2) is 16.0 Å². The first-order valence-electron chi connectivity index (χ1n) is 6.56. The molecule has 106 valence electrons. The summed E-state index contributed by atoms with van der Waals surface area (Å²) in [6.07, 6.45) is 3.40. The maximum Gasteiger partial charge on any atom is 0.166 e.